The van der Waals surface area contributed by atoms with Crippen molar-refractivity contribution in [2.45, 2.75) is 99.3 Å². The molecule has 0 aliphatic heterocycles. The molecule has 8 rings (SSSR count). The van der Waals surface area contributed by atoms with Gasteiger partial charge in [0.15, 0.2) is 0 Å². The Balaban J connectivity index is 0.00000595. The number of nitrogens with zero attached hydrogens (tertiary/aromatic N) is 3. The Hall–Kier alpha value is -5.57. The molecule has 0 atom stereocenters. The summed E-state index contributed by atoms with van der Waals surface area (Å²) in [7, 11) is 3.95. The van der Waals surface area contributed by atoms with Crippen LogP contribution in [-0.4, -0.2) is 14.5 Å². The van der Waals surface area contributed by atoms with Crippen molar-refractivity contribution in [3.8, 4) is 67.5 Å². The average Bonchev–Trinajstić information content (AvgIpc) is 3.62. The molecule has 0 aliphatic carbocycles. The monoisotopic (exact) mass is 1010 g/mol. The molecule has 0 saturated heterocycles. The molecule has 0 bridgehead atoms. The van der Waals surface area contributed by atoms with Crippen LogP contribution < -0.4 is 4.74 Å². The van der Waals surface area contributed by atoms with Gasteiger partial charge >= 0.3 is 21.1 Å². The van der Waals surface area contributed by atoms with Crippen LogP contribution in [0, 0.1) is 33.9 Å². The van der Waals surface area contributed by atoms with Gasteiger partial charge in [0.1, 0.15) is 5.82 Å². The number of hydrogen-bond acceptors (Lipinski definition) is 3. The van der Waals surface area contributed by atoms with E-state index in [1.807, 2.05) is 6.20 Å². The zero-order valence-electron chi connectivity index (χ0n) is 38.9. The molecule has 5 heteroatoms. The molecule has 0 fully saturated rings. The van der Waals surface area contributed by atoms with Crippen molar-refractivity contribution in [1.29, 1.82) is 0 Å². The molecule has 4 nitrogen and oxygen atoms in total. The minimum Gasteiger partial charge on any atom is -0.665 e. The fraction of sp³-hybridized carbons (Fsp3) is 0.259. The second-order valence-electron chi connectivity index (χ2n) is 20.1. The second-order valence-corrected chi connectivity index (χ2v) is 20.1. The normalized spacial score (nSPS) is 12.1. The van der Waals surface area contributed by atoms with Crippen LogP contribution in [0.15, 0.2) is 128 Å². The number of imidazole rings is 1. The van der Waals surface area contributed by atoms with Gasteiger partial charge in [0.2, 0.25) is 0 Å². The van der Waals surface area contributed by atoms with Crippen molar-refractivity contribution >= 4 is 11.0 Å². The molecule has 0 spiro atoms. The molecule has 0 amide bonds. The van der Waals surface area contributed by atoms with E-state index in [0.29, 0.717) is 5.75 Å². The van der Waals surface area contributed by atoms with E-state index in [1.54, 1.807) is 0 Å². The predicted octanol–water partition coefficient (Wildman–Crippen LogP) is 15.5. The van der Waals surface area contributed by atoms with Gasteiger partial charge in [0.05, 0.1) is 28.0 Å². The van der Waals surface area contributed by atoms with Crippen molar-refractivity contribution in [1.82, 2.24) is 14.5 Å². The van der Waals surface area contributed by atoms with E-state index in [-0.39, 0.29) is 37.3 Å². The van der Waals surface area contributed by atoms with Crippen LogP contribution in [0.5, 0.6) is 5.75 Å². The molecule has 0 aliphatic rings. The first-order chi connectivity index (χ1) is 29.3. The van der Waals surface area contributed by atoms with Gasteiger partial charge in [0.25, 0.3) is 0 Å². The number of aromatic nitrogens is 3. The van der Waals surface area contributed by atoms with Crippen LogP contribution in [0.2, 0.25) is 0 Å². The summed E-state index contributed by atoms with van der Waals surface area (Å²) in [6, 6.07) is 48.1. The minimum absolute atomic E-state index is 0. The first kappa shape index (κ1) is 45.5. The van der Waals surface area contributed by atoms with E-state index in [1.165, 1.54) is 22.3 Å². The maximum Gasteiger partial charge on any atom is 2.00 e. The Morgan fingerprint density at radius 1 is 0.556 bits per heavy atom. The number of aryl methyl sites for hydroxylation is 3. The van der Waals surface area contributed by atoms with Crippen LogP contribution in [0.4, 0.5) is 0 Å². The van der Waals surface area contributed by atoms with E-state index in [0.717, 1.165) is 83.9 Å². The quantitative estimate of drug-likeness (QED) is 0.149. The van der Waals surface area contributed by atoms with Gasteiger partial charge in [-0.1, -0.05) is 164 Å². The molecule has 2 heterocycles. The van der Waals surface area contributed by atoms with Gasteiger partial charge in [-0.15, -0.1) is 29.3 Å². The fourth-order valence-electron chi connectivity index (χ4n) is 8.42. The number of para-hydroxylation sites is 1. The topological polar surface area (TPSA) is 39.9 Å². The number of ether oxygens (including phenoxy) is 1. The van der Waals surface area contributed by atoms with Crippen LogP contribution in [0.1, 0.15) is 95.7 Å². The van der Waals surface area contributed by atoms with Gasteiger partial charge in [0, 0.05) is 17.5 Å². The number of benzene rings is 6. The number of pyridine rings is 1. The Kier molecular flexibility index (Phi) is 12.4. The molecule has 6 aromatic carbocycles. The minimum atomic E-state index is -0.143. The van der Waals surface area contributed by atoms with E-state index < -0.39 is 0 Å². The van der Waals surface area contributed by atoms with Crippen molar-refractivity contribution in [2.75, 3.05) is 0 Å². The smallest absolute Gasteiger partial charge is 0.665 e. The summed E-state index contributed by atoms with van der Waals surface area (Å²) in [5.74, 6) is 1.50. The third-order valence-corrected chi connectivity index (χ3v) is 12.1. The summed E-state index contributed by atoms with van der Waals surface area (Å²) in [5.41, 5.74) is 19.0. The third-order valence-electron chi connectivity index (χ3n) is 12.1. The largest absolute Gasteiger partial charge is 2.00 e. The zero-order valence-corrected chi connectivity index (χ0v) is 41.2. The Bertz CT molecular complexity index is 2950. The Morgan fingerprint density at radius 2 is 1.19 bits per heavy atom. The van der Waals surface area contributed by atoms with Crippen LogP contribution >= 0.6 is 0 Å². The SMILES string of the molecule is [CH2-]Oc1c(C)cc(C)cc1-c1nc2c(-c3[c-]c(-c4cc(-c5ccc(C)cc5)ccn4)cc(C(C)(C)C)c3)cccc2n1-c1cc(C(C)(C)C)ccc1-c1ccc(C(C)(C)C)cc1.[Pt+2]. The summed E-state index contributed by atoms with van der Waals surface area (Å²) < 4.78 is 8.32. The van der Waals surface area contributed by atoms with Crippen LogP contribution in [0.3, 0.4) is 0 Å². The van der Waals surface area contributed by atoms with Gasteiger partial charge in [-0.3, -0.25) is 9.55 Å². The fourth-order valence-corrected chi connectivity index (χ4v) is 8.42. The summed E-state index contributed by atoms with van der Waals surface area (Å²) in [6.07, 6.45) is 1.91. The molecule has 0 saturated carbocycles. The van der Waals surface area contributed by atoms with Crippen molar-refractivity contribution in [3.05, 3.63) is 174 Å². The number of fused-ring (bicyclic) bond motifs is 1. The molecule has 322 valence electrons. The van der Waals surface area contributed by atoms with E-state index >= 15 is 0 Å². The number of rotatable bonds is 7. The first-order valence-electron chi connectivity index (χ1n) is 21.7. The molecule has 0 N–H and O–H groups in total. The van der Waals surface area contributed by atoms with Crippen molar-refractivity contribution in [2.24, 2.45) is 0 Å². The van der Waals surface area contributed by atoms with Gasteiger partial charge < -0.3 is 4.74 Å². The summed E-state index contributed by atoms with van der Waals surface area (Å²) in [5, 5.41) is 0. The molecule has 2 aromatic heterocycles. The molecular formula is C58H59N3OPt. The summed E-state index contributed by atoms with van der Waals surface area (Å²) >= 11 is 0. The van der Waals surface area contributed by atoms with Crippen LogP contribution in [-0.2, 0) is 37.3 Å². The van der Waals surface area contributed by atoms with E-state index in [4.69, 9.17) is 14.7 Å². The molecule has 0 unspecified atom stereocenters. The summed E-state index contributed by atoms with van der Waals surface area (Å²) in [4.78, 5) is 10.6. The van der Waals surface area contributed by atoms with E-state index in [9.17, 15) is 0 Å². The van der Waals surface area contributed by atoms with Gasteiger partial charge in [-0.25, -0.2) is 4.98 Å². The molecule has 63 heavy (non-hydrogen) atoms. The molecule has 8 aromatic rings. The first-order valence-corrected chi connectivity index (χ1v) is 21.7. The zero-order chi connectivity index (χ0) is 44.3. The maximum absolute atomic E-state index is 5.97. The van der Waals surface area contributed by atoms with Gasteiger partial charge in [-0.2, -0.15) is 7.11 Å². The predicted molar refractivity (Wildman–Crippen MR) is 261 cm³/mol. The second kappa shape index (κ2) is 17.2. The molecule has 0 radical (unpaired) electrons. The van der Waals surface area contributed by atoms with Gasteiger partial charge in [-0.05, 0) is 100 Å². The average molecular weight is 1010 g/mol. The number of hydrogen-bond donors (Lipinski definition) is 0. The maximum atomic E-state index is 5.97. The van der Waals surface area contributed by atoms with E-state index in [2.05, 4.69) is 222 Å². The Morgan fingerprint density at radius 3 is 1.84 bits per heavy atom. The summed E-state index contributed by atoms with van der Waals surface area (Å²) in [6.45, 7) is 26.7. The Labute approximate surface area is 390 Å². The third kappa shape index (κ3) is 9.11. The van der Waals surface area contributed by atoms with Crippen LogP contribution in [0.25, 0.3) is 72.7 Å². The standard InChI is InChI=1S/C58H59N3O.Pt/c1-36-17-19-39(20-18-36)41-27-28-59-50(34-41)43-31-42(32-46(33-43)58(10,11)12)48-15-14-16-51-53(48)60-55(49-30-37(2)29-38(3)54(49)62-13)61(51)52-35-45(57(7,8)9)25-26-47(52)40-21-23-44(24-22-40)56(4,5)6;/h14-30,32-35H,13H2,1-12H3;/q-2;+2. The van der Waals surface area contributed by atoms with Crippen molar-refractivity contribution in [3.63, 3.8) is 0 Å². The molecular weight excluding hydrogens is 950 g/mol. The van der Waals surface area contributed by atoms with Crippen molar-refractivity contribution < 1.29 is 25.8 Å².